The first kappa shape index (κ1) is 10.8. The lowest BCUT2D eigenvalue weighted by atomic mass is 10.2. The van der Waals surface area contributed by atoms with Crippen molar-refractivity contribution in [3.63, 3.8) is 0 Å². The third kappa shape index (κ3) is 6.22. The summed E-state index contributed by atoms with van der Waals surface area (Å²) in [6, 6.07) is 0. The number of hydrogen-bond acceptors (Lipinski definition) is 1. The van der Waals surface area contributed by atoms with Gasteiger partial charge in [-0.2, -0.15) is 13.2 Å². The fourth-order valence-corrected chi connectivity index (χ4v) is 1.35. The van der Waals surface area contributed by atoms with Crippen LogP contribution in [0.1, 0.15) is 26.2 Å². The van der Waals surface area contributed by atoms with Crippen molar-refractivity contribution in [1.29, 1.82) is 0 Å². The maximum absolute atomic E-state index is 11.7. The lowest BCUT2D eigenvalue weighted by molar-refractivity contribution is -0.134. The van der Waals surface area contributed by atoms with Crippen LogP contribution in [0.2, 0.25) is 0 Å². The van der Waals surface area contributed by atoms with Gasteiger partial charge in [0.1, 0.15) is 6.42 Å². The molecule has 0 radical (unpaired) electrons. The molecule has 11 heavy (non-hydrogen) atoms. The van der Waals surface area contributed by atoms with Gasteiger partial charge in [-0.15, -0.1) is 0 Å². The first-order valence-electron chi connectivity index (χ1n) is 3.35. The summed E-state index contributed by atoms with van der Waals surface area (Å²) in [7, 11) is 0. The lowest BCUT2D eigenvalue weighted by Crippen LogP contribution is -2.18. The van der Waals surface area contributed by atoms with Crippen LogP contribution in [0.15, 0.2) is 0 Å². The van der Waals surface area contributed by atoms with E-state index in [-0.39, 0.29) is 11.7 Å². The summed E-state index contributed by atoms with van der Waals surface area (Å²) in [6.45, 7) is 1.76. The van der Waals surface area contributed by atoms with Gasteiger partial charge in [-0.25, -0.2) is 0 Å². The Labute approximate surface area is 67.5 Å². The Morgan fingerprint density at radius 2 is 2.00 bits per heavy atom. The van der Waals surface area contributed by atoms with Gasteiger partial charge >= 0.3 is 17.8 Å². The van der Waals surface area contributed by atoms with Gasteiger partial charge in [-0.3, -0.25) is 0 Å². The van der Waals surface area contributed by atoms with Crippen molar-refractivity contribution in [2.45, 2.75) is 37.6 Å². The van der Waals surface area contributed by atoms with Crippen molar-refractivity contribution in [3.05, 3.63) is 0 Å². The molecule has 0 aliphatic rings. The molecule has 0 aromatic rings. The fourth-order valence-electron chi connectivity index (χ4n) is 0.764. The van der Waals surface area contributed by atoms with E-state index in [0.717, 1.165) is 0 Å². The van der Waals surface area contributed by atoms with Crippen molar-refractivity contribution in [2.75, 3.05) is 0 Å². The van der Waals surface area contributed by atoms with Crippen LogP contribution in [-0.2, 0) is 15.9 Å². The topological polar surface area (TPSA) is 17.1 Å². The van der Waals surface area contributed by atoms with Crippen LogP contribution in [0.4, 0.5) is 13.2 Å². The van der Waals surface area contributed by atoms with E-state index in [9.17, 15) is 17.4 Å². The number of halogens is 3. The minimum Gasteiger partial charge on any atom is -0.171 e. The van der Waals surface area contributed by atoms with E-state index in [0.29, 0.717) is 12.8 Å². The minimum atomic E-state index is -4.20. The van der Waals surface area contributed by atoms with Gasteiger partial charge in [0, 0.05) is 10.6 Å². The fraction of sp³-hybridized carbons (Fsp3) is 1.00. The van der Waals surface area contributed by atoms with Gasteiger partial charge in [0.25, 0.3) is 0 Å². The van der Waals surface area contributed by atoms with Gasteiger partial charge in [0.05, 0.1) is 0 Å². The minimum absolute atomic E-state index is 0.0514. The maximum atomic E-state index is 11.7. The zero-order valence-corrected chi connectivity index (χ0v) is 6.97. The number of alkyl halides is 3. The average Bonchev–Trinajstić information content (AvgIpc) is 1.84. The Morgan fingerprint density at radius 3 is 2.27 bits per heavy atom. The smallest absolute Gasteiger partial charge is 0.171 e. The van der Waals surface area contributed by atoms with Crippen molar-refractivity contribution < 1.29 is 17.4 Å². The highest BCUT2D eigenvalue weighted by Crippen LogP contribution is 2.23. The molecule has 0 heterocycles. The largest absolute Gasteiger partial charge is 0.462 e. The first-order chi connectivity index (χ1) is 4.99. The molecule has 0 fully saturated rings. The van der Waals surface area contributed by atoms with Crippen LogP contribution in [-0.4, -0.2) is 11.4 Å². The zero-order valence-electron chi connectivity index (χ0n) is 6.15. The molecular weight excluding hydrogens is 177 g/mol. The predicted octanol–water partition coefficient (Wildman–Crippen LogP) is 2.54. The van der Waals surface area contributed by atoms with Crippen molar-refractivity contribution in [2.24, 2.45) is 0 Å². The highest BCUT2D eigenvalue weighted by atomic mass is 32.1. The Hall–Kier alpha value is -0.190. The normalized spacial score (nSPS) is 14.5. The van der Waals surface area contributed by atoms with Gasteiger partial charge in [0.2, 0.25) is 5.25 Å². The first-order valence-corrected chi connectivity index (χ1v) is 4.15. The van der Waals surface area contributed by atoms with Crippen LogP contribution in [0, 0.1) is 0 Å². The Kier molecular flexibility index (Phi) is 4.56. The second kappa shape index (κ2) is 4.64. The summed E-state index contributed by atoms with van der Waals surface area (Å²) in [5.41, 5.74) is 0. The van der Waals surface area contributed by atoms with Gasteiger partial charge in [-0.05, 0) is 0 Å². The van der Waals surface area contributed by atoms with Crippen molar-refractivity contribution in [3.8, 4) is 0 Å². The maximum Gasteiger partial charge on any atom is 0.462 e. The molecule has 0 saturated heterocycles. The van der Waals surface area contributed by atoms with Crippen molar-refractivity contribution >= 4 is 11.7 Å². The van der Waals surface area contributed by atoms with E-state index < -0.39 is 17.8 Å². The van der Waals surface area contributed by atoms with Gasteiger partial charge in [0.15, 0.2) is 0 Å². The molecule has 66 valence electrons. The Bertz CT molecular complexity index is 123. The summed E-state index contributed by atoms with van der Waals surface area (Å²) in [5, 5.41) is -0.806. The van der Waals surface area contributed by atoms with E-state index in [1.54, 1.807) is 6.92 Å². The molecule has 0 bridgehead atoms. The third-order valence-corrected chi connectivity index (χ3v) is 1.88. The Morgan fingerprint density at radius 1 is 1.45 bits per heavy atom. The highest BCUT2D eigenvalue weighted by molar-refractivity contribution is 7.66. The quantitative estimate of drug-likeness (QED) is 0.618. The number of rotatable bonds is 4. The summed E-state index contributed by atoms with van der Waals surface area (Å²) in [6.07, 6.45) is -4.20. The molecule has 1 atom stereocenters. The molecule has 0 aliphatic heterocycles. The molecule has 0 aliphatic carbocycles. The van der Waals surface area contributed by atoms with E-state index in [1.165, 1.54) is 0 Å². The monoisotopic (exact) mass is 187 g/mol. The molecule has 0 rings (SSSR count). The van der Waals surface area contributed by atoms with Crippen LogP contribution in [0.25, 0.3) is 0 Å². The summed E-state index contributed by atoms with van der Waals surface area (Å²) in [4.78, 5) is 0. The van der Waals surface area contributed by atoms with Crippen LogP contribution >= 0.6 is 0 Å². The summed E-state index contributed by atoms with van der Waals surface area (Å²) >= 11 is 0.0514. The van der Waals surface area contributed by atoms with E-state index >= 15 is 0 Å². The van der Waals surface area contributed by atoms with Crippen LogP contribution < -0.4 is 0 Å². The van der Waals surface area contributed by atoms with Gasteiger partial charge < -0.3 is 0 Å². The zero-order chi connectivity index (χ0) is 8.91. The molecule has 1 nitrogen and oxygen atoms in total. The highest BCUT2D eigenvalue weighted by Gasteiger charge is 2.37. The molecule has 0 N–H and O–H groups in total. The molecule has 0 saturated carbocycles. The molecule has 1 unspecified atom stereocenters. The summed E-state index contributed by atoms with van der Waals surface area (Å²) < 4.78 is 45.1. The third-order valence-electron chi connectivity index (χ3n) is 1.21. The predicted molar refractivity (Wildman–Crippen MR) is 37.4 cm³/mol. The molecule has 0 aromatic carbocycles. The SMILES string of the molecule is CCCC(CC(F)(F)F)[S+]=O. The molecule has 5 heteroatoms. The second-order valence-electron chi connectivity index (χ2n) is 2.33. The molecule has 0 amide bonds. The molecular formula is C6H10F3OS+. The summed E-state index contributed by atoms with van der Waals surface area (Å²) in [5.74, 6) is 0. The average molecular weight is 187 g/mol. The Balaban J connectivity index is 3.77. The van der Waals surface area contributed by atoms with E-state index in [4.69, 9.17) is 0 Å². The van der Waals surface area contributed by atoms with Crippen LogP contribution in [0.5, 0.6) is 0 Å². The molecule has 0 aromatic heterocycles. The molecule has 0 spiro atoms. The second-order valence-corrected chi connectivity index (χ2v) is 3.19. The lowest BCUT2D eigenvalue weighted by Gasteiger charge is -2.03. The van der Waals surface area contributed by atoms with E-state index in [2.05, 4.69) is 0 Å². The van der Waals surface area contributed by atoms with Crippen molar-refractivity contribution in [1.82, 2.24) is 0 Å². The standard InChI is InChI=1S/C6H10F3OS/c1-2-3-5(11-10)4-6(7,8)9/h5H,2-4H2,1H3/q+1. The number of hydrogen-bond donors (Lipinski definition) is 0. The van der Waals surface area contributed by atoms with Crippen LogP contribution in [0.3, 0.4) is 0 Å². The van der Waals surface area contributed by atoms with E-state index in [1.807, 2.05) is 0 Å². The van der Waals surface area contributed by atoms with Gasteiger partial charge in [-0.1, -0.05) is 13.3 Å².